The van der Waals surface area contributed by atoms with E-state index in [1.165, 1.54) is 10.7 Å². The number of hydrogen-bond donors (Lipinski definition) is 1. The molecule has 0 radical (unpaired) electrons. The minimum atomic E-state index is -0.585. The summed E-state index contributed by atoms with van der Waals surface area (Å²) in [6.45, 7) is 3.51. The molecule has 0 spiro atoms. The molecule has 0 unspecified atom stereocenters. The molecule has 2 aromatic rings. The molecule has 1 amide bonds. The van der Waals surface area contributed by atoms with Gasteiger partial charge in [-0.15, -0.1) is 0 Å². The highest BCUT2D eigenvalue weighted by Crippen LogP contribution is 2.18. The molecule has 0 atom stereocenters. The van der Waals surface area contributed by atoms with Crippen LogP contribution in [0, 0.1) is 13.8 Å². The molecule has 0 saturated carbocycles. The number of aryl methyl sites for hydroxylation is 1. The zero-order valence-electron chi connectivity index (χ0n) is 9.31. The van der Waals surface area contributed by atoms with E-state index in [0.29, 0.717) is 22.4 Å². The van der Waals surface area contributed by atoms with Gasteiger partial charge in [-0.05, 0) is 19.9 Å². The molecular weight excluding hydrogens is 242 g/mol. The molecule has 17 heavy (non-hydrogen) atoms. The summed E-state index contributed by atoms with van der Waals surface area (Å²) in [5.41, 5.74) is 6.00. The van der Waals surface area contributed by atoms with Crippen molar-refractivity contribution in [3.8, 4) is 5.82 Å². The van der Waals surface area contributed by atoms with Crippen LogP contribution in [0.2, 0.25) is 5.15 Å². The van der Waals surface area contributed by atoms with Gasteiger partial charge in [-0.3, -0.25) is 4.79 Å². The Morgan fingerprint density at radius 3 is 2.71 bits per heavy atom. The third-order valence-corrected chi connectivity index (χ3v) is 2.60. The number of nitrogens with two attached hydrogens (primary N) is 1. The Hall–Kier alpha value is -1.95. The second-order valence-corrected chi connectivity index (χ2v) is 3.88. The summed E-state index contributed by atoms with van der Waals surface area (Å²) in [4.78, 5) is 19.2. The van der Waals surface area contributed by atoms with Crippen LogP contribution < -0.4 is 5.73 Å². The first-order chi connectivity index (χ1) is 7.99. The molecule has 0 aliphatic rings. The summed E-state index contributed by atoms with van der Waals surface area (Å²) in [6, 6.07) is 1.52. The first-order valence-corrected chi connectivity index (χ1v) is 5.23. The van der Waals surface area contributed by atoms with E-state index in [-0.39, 0.29) is 5.69 Å². The summed E-state index contributed by atoms with van der Waals surface area (Å²) >= 11 is 5.95. The predicted octanol–water partition coefficient (Wildman–Crippen LogP) is 1.03. The number of carbonyl (C=O) groups is 1. The predicted molar refractivity (Wildman–Crippen MR) is 62.2 cm³/mol. The quantitative estimate of drug-likeness (QED) is 0.808. The number of nitrogens with zero attached hydrogens (tertiary/aromatic N) is 4. The molecule has 7 heteroatoms. The van der Waals surface area contributed by atoms with Crippen LogP contribution in [0.1, 0.15) is 21.9 Å². The Kier molecular flexibility index (Phi) is 2.81. The molecule has 0 fully saturated rings. The van der Waals surface area contributed by atoms with E-state index < -0.39 is 5.91 Å². The van der Waals surface area contributed by atoms with Gasteiger partial charge in [-0.25, -0.2) is 14.6 Å². The summed E-state index contributed by atoms with van der Waals surface area (Å²) < 4.78 is 1.45. The largest absolute Gasteiger partial charge is 0.364 e. The smallest absolute Gasteiger partial charge is 0.269 e. The van der Waals surface area contributed by atoms with Gasteiger partial charge in [0, 0.05) is 11.8 Å². The normalized spacial score (nSPS) is 10.5. The maximum absolute atomic E-state index is 11.0. The highest BCUT2D eigenvalue weighted by Gasteiger charge is 2.12. The van der Waals surface area contributed by atoms with Crippen LogP contribution >= 0.6 is 11.6 Å². The van der Waals surface area contributed by atoms with E-state index in [9.17, 15) is 4.79 Å². The molecule has 0 aromatic carbocycles. The lowest BCUT2D eigenvalue weighted by Gasteiger charge is -2.06. The van der Waals surface area contributed by atoms with Gasteiger partial charge in [0.2, 0.25) is 0 Å². The van der Waals surface area contributed by atoms with Crippen molar-refractivity contribution >= 4 is 17.5 Å². The topological polar surface area (TPSA) is 86.7 Å². The Morgan fingerprint density at radius 1 is 1.41 bits per heavy atom. The zero-order chi connectivity index (χ0) is 12.6. The van der Waals surface area contributed by atoms with Gasteiger partial charge in [0.25, 0.3) is 5.91 Å². The molecule has 88 valence electrons. The lowest BCUT2D eigenvalue weighted by atomic mass is 10.3. The fourth-order valence-corrected chi connectivity index (χ4v) is 1.58. The maximum atomic E-state index is 11.0. The number of primary amides is 1. The van der Waals surface area contributed by atoms with Crippen molar-refractivity contribution in [2.24, 2.45) is 5.73 Å². The number of hydrogen-bond acceptors (Lipinski definition) is 4. The molecular formula is C10H10ClN5O. The Bertz CT molecular complexity index is 592. The van der Waals surface area contributed by atoms with E-state index >= 15 is 0 Å². The number of aromatic nitrogens is 4. The van der Waals surface area contributed by atoms with Gasteiger partial charge in [-0.2, -0.15) is 5.10 Å². The van der Waals surface area contributed by atoms with Gasteiger partial charge in [0.15, 0.2) is 5.82 Å². The molecule has 0 aliphatic heterocycles. The summed E-state index contributed by atoms with van der Waals surface area (Å²) in [7, 11) is 0. The average molecular weight is 252 g/mol. The van der Waals surface area contributed by atoms with Crippen molar-refractivity contribution in [2.45, 2.75) is 13.8 Å². The van der Waals surface area contributed by atoms with Gasteiger partial charge < -0.3 is 5.73 Å². The number of halogens is 1. The molecule has 6 nitrogen and oxygen atoms in total. The van der Waals surface area contributed by atoms with Gasteiger partial charge in [-0.1, -0.05) is 11.6 Å². The number of carbonyl (C=O) groups excluding carboxylic acids is 1. The number of rotatable bonds is 2. The lowest BCUT2D eigenvalue weighted by Crippen LogP contribution is -2.13. The first-order valence-electron chi connectivity index (χ1n) is 4.85. The highest BCUT2D eigenvalue weighted by molar-refractivity contribution is 6.30. The van der Waals surface area contributed by atoms with Crippen LogP contribution in [-0.4, -0.2) is 25.7 Å². The standard InChI is InChI=1S/C10H10ClN5O/c1-5-8(11)13-6(2)14-10(5)16-4-3-7(15-16)9(12)17/h3-4H,1-2H3,(H2,12,17). The van der Waals surface area contributed by atoms with Crippen LogP contribution in [-0.2, 0) is 0 Å². The average Bonchev–Trinajstić information content (AvgIpc) is 2.72. The third-order valence-electron chi connectivity index (χ3n) is 2.23. The summed E-state index contributed by atoms with van der Waals surface area (Å²) in [5, 5.41) is 4.38. The minimum Gasteiger partial charge on any atom is -0.364 e. The molecule has 0 aliphatic carbocycles. The van der Waals surface area contributed by atoms with Gasteiger partial charge in [0.05, 0.1) is 0 Å². The van der Waals surface area contributed by atoms with Crippen molar-refractivity contribution in [3.05, 3.63) is 34.5 Å². The Labute approximate surface area is 102 Å². The van der Waals surface area contributed by atoms with Crippen LogP contribution in [0.15, 0.2) is 12.3 Å². The lowest BCUT2D eigenvalue weighted by molar-refractivity contribution is 0.0995. The molecule has 2 aromatic heterocycles. The van der Waals surface area contributed by atoms with Gasteiger partial charge >= 0.3 is 0 Å². The third kappa shape index (κ3) is 2.12. The summed E-state index contributed by atoms with van der Waals surface area (Å²) in [6.07, 6.45) is 1.60. The molecule has 0 saturated heterocycles. The van der Waals surface area contributed by atoms with E-state index in [1.54, 1.807) is 20.0 Å². The first kappa shape index (κ1) is 11.5. The number of amides is 1. The fraction of sp³-hybridized carbons (Fsp3) is 0.200. The molecule has 2 rings (SSSR count). The van der Waals surface area contributed by atoms with Crippen molar-refractivity contribution in [3.63, 3.8) is 0 Å². The van der Waals surface area contributed by atoms with Crippen LogP contribution in [0.4, 0.5) is 0 Å². The maximum Gasteiger partial charge on any atom is 0.269 e. The second-order valence-electron chi connectivity index (χ2n) is 3.52. The zero-order valence-corrected chi connectivity index (χ0v) is 10.1. The van der Waals surface area contributed by atoms with Crippen LogP contribution in [0.5, 0.6) is 0 Å². The van der Waals surface area contributed by atoms with Crippen molar-refractivity contribution in [1.29, 1.82) is 0 Å². The molecule has 2 heterocycles. The van der Waals surface area contributed by atoms with Crippen molar-refractivity contribution in [1.82, 2.24) is 19.7 Å². The van der Waals surface area contributed by atoms with Crippen LogP contribution in [0.3, 0.4) is 0 Å². The summed E-state index contributed by atoms with van der Waals surface area (Å²) in [5.74, 6) is 0.486. The minimum absolute atomic E-state index is 0.178. The van der Waals surface area contributed by atoms with Gasteiger partial charge in [0.1, 0.15) is 16.7 Å². The highest BCUT2D eigenvalue weighted by atomic mass is 35.5. The monoisotopic (exact) mass is 251 g/mol. The Morgan fingerprint density at radius 2 is 2.12 bits per heavy atom. The van der Waals surface area contributed by atoms with E-state index in [4.69, 9.17) is 17.3 Å². The van der Waals surface area contributed by atoms with E-state index in [1.807, 2.05) is 0 Å². The molecule has 2 N–H and O–H groups in total. The van der Waals surface area contributed by atoms with E-state index in [2.05, 4.69) is 15.1 Å². The Balaban J connectivity index is 2.56. The van der Waals surface area contributed by atoms with Crippen molar-refractivity contribution < 1.29 is 4.79 Å². The second kappa shape index (κ2) is 4.14. The van der Waals surface area contributed by atoms with Crippen molar-refractivity contribution in [2.75, 3.05) is 0 Å². The van der Waals surface area contributed by atoms with Crippen LogP contribution in [0.25, 0.3) is 5.82 Å². The SMILES string of the molecule is Cc1nc(Cl)c(C)c(-n2ccc(C(N)=O)n2)n1. The fourth-order valence-electron chi connectivity index (χ4n) is 1.38. The van der Waals surface area contributed by atoms with E-state index in [0.717, 1.165) is 0 Å². The molecule has 0 bridgehead atoms.